The van der Waals surface area contributed by atoms with Crippen LogP contribution >= 0.6 is 0 Å². The second-order valence-corrected chi connectivity index (χ2v) is 4.31. The van der Waals surface area contributed by atoms with Gasteiger partial charge >= 0.3 is 51.4 Å². The van der Waals surface area contributed by atoms with Crippen LogP contribution in [0.1, 0.15) is 7.85 Å². The molecular formula is C9H9KN2O4S. The zero-order chi connectivity index (χ0) is 12.2. The van der Waals surface area contributed by atoms with Gasteiger partial charge in [0, 0.05) is 5.69 Å². The van der Waals surface area contributed by atoms with Crippen molar-refractivity contribution >= 4 is 21.7 Å². The normalized spacial score (nSPS) is 9.88. The average molecular weight is 280 g/mol. The van der Waals surface area contributed by atoms with Crippen molar-refractivity contribution in [2.75, 3.05) is 5.32 Å². The van der Waals surface area contributed by atoms with Gasteiger partial charge in [-0.15, -0.1) is 0 Å². The van der Waals surface area contributed by atoms with Gasteiger partial charge in [-0.2, -0.15) is 13.7 Å². The molecule has 8 heteroatoms. The topological polar surface area (TPSA) is 107 Å². The number of nitrogens with zero attached hydrogens (tertiary/aromatic N) is 1. The van der Waals surface area contributed by atoms with Gasteiger partial charge in [0.25, 0.3) is 10.1 Å². The van der Waals surface area contributed by atoms with E-state index < -0.39 is 16.0 Å². The number of nitrogens with one attached hydrogen (secondary N) is 1. The van der Waals surface area contributed by atoms with E-state index in [1.165, 1.54) is 18.2 Å². The predicted octanol–water partition coefficient (Wildman–Crippen LogP) is -2.10. The standard InChI is InChI=1S/C9H8N2O4S.K.H/c10-5-4-9(12)11-7-2-1-3-8(6-7)16(13,14)15;;/h1-3,6H,4H2,(H,11,12)(H,13,14,15);;/q;+1;-1. The zero-order valence-corrected chi connectivity index (χ0v) is 13.0. The molecule has 0 heterocycles. The Morgan fingerprint density at radius 1 is 1.53 bits per heavy atom. The van der Waals surface area contributed by atoms with Crippen LogP contribution in [-0.2, 0) is 14.9 Å². The molecule has 0 aliphatic heterocycles. The van der Waals surface area contributed by atoms with Crippen molar-refractivity contribution in [2.45, 2.75) is 11.3 Å². The minimum atomic E-state index is -4.29. The van der Waals surface area contributed by atoms with Gasteiger partial charge in [0.15, 0.2) is 0 Å². The summed E-state index contributed by atoms with van der Waals surface area (Å²) in [6.45, 7) is 0. The maximum Gasteiger partial charge on any atom is 1.00 e. The first-order valence-electron chi connectivity index (χ1n) is 4.18. The second-order valence-electron chi connectivity index (χ2n) is 2.89. The molecule has 0 fully saturated rings. The van der Waals surface area contributed by atoms with Crippen LogP contribution in [0, 0.1) is 11.3 Å². The van der Waals surface area contributed by atoms with Crippen molar-refractivity contribution in [2.24, 2.45) is 0 Å². The van der Waals surface area contributed by atoms with Gasteiger partial charge in [0.05, 0.1) is 11.0 Å². The van der Waals surface area contributed by atoms with E-state index in [2.05, 4.69) is 5.32 Å². The van der Waals surface area contributed by atoms with Crippen LogP contribution in [0.4, 0.5) is 5.69 Å². The Bertz CT molecular complexity index is 556. The van der Waals surface area contributed by atoms with E-state index in [0.717, 1.165) is 6.07 Å². The quantitative estimate of drug-likeness (QED) is 0.487. The molecule has 6 nitrogen and oxygen atoms in total. The molecule has 1 aromatic carbocycles. The monoisotopic (exact) mass is 280 g/mol. The van der Waals surface area contributed by atoms with E-state index >= 15 is 0 Å². The molecular weight excluding hydrogens is 271 g/mol. The predicted molar refractivity (Wildman–Crippen MR) is 56.2 cm³/mol. The van der Waals surface area contributed by atoms with Gasteiger partial charge < -0.3 is 6.74 Å². The minimum absolute atomic E-state index is 0. The molecule has 0 aliphatic rings. The number of carbonyl (C=O) groups is 1. The number of carbonyl (C=O) groups excluding carboxylic acids is 1. The molecule has 0 radical (unpaired) electrons. The number of rotatable bonds is 3. The summed E-state index contributed by atoms with van der Waals surface area (Å²) in [5.41, 5.74) is 0.204. The second kappa shape index (κ2) is 7.23. The summed E-state index contributed by atoms with van der Waals surface area (Å²) >= 11 is 0. The maximum absolute atomic E-state index is 11.0. The van der Waals surface area contributed by atoms with Crippen LogP contribution in [0.2, 0.25) is 0 Å². The van der Waals surface area contributed by atoms with Crippen LogP contribution in [0.25, 0.3) is 0 Å². The van der Waals surface area contributed by atoms with Gasteiger partial charge in [-0.25, -0.2) is 0 Å². The third kappa shape index (κ3) is 5.74. The fourth-order valence-electron chi connectivity index (χ4n) is 1.01. The molecule has 0 unspecified atom stereocenters. The Kier molecular flexibility index (Phi) is 7.11. The van der Waals surface area contributed by atoms with Crippen LogP contribution in [0.5, 0.6) is 0 Å². The Morgan fingerprint density at radius 2 is 2.18 bits per heavy atom. The van der Waals surface area contributed by atoms with Crippen LogP contribution < -0.4 is 56.7 Å². The largest absolute Gasteiger partial charge is 1.00 e. The molecule has 1 rings (SSSR count). The summed E-state index contributed by atoms with van der Waals surface area (Å²) in [5, 5.41) is 10.6. The van der Waals surface area contributed by atoms with E-state index in [4.69, 9.17) is 9.81 Å². The SMILES string of the molecule is N#CCC(=O)Nc1cccc(S(=O)(=O)O)c1.[H-].[K+]. The number of benzene rings is 1. The molecule has 86 valence electrons. The van der Waals surface area contributed by atoms with Crippen LogP contribution in [-0.4, -0.2) is 18.9 Å². The van der Waals surface area contributed by atoms with Crippen molar-refractivity contribution < 1.29 is 70.6 Å². The van der Waals surface area contributed by atoms with E-state index in [1.807, 2.05) is 0 Å². The molecule has 17 heavy (non-hydrogen) atoms. The summed E-state index contributed by atoms with van der Waals surface area (Å²) in [7, 11) is -4.29. The number of amides is 1. The molecule has 0 bridgehead atoms. The molecule has 0 spiro atoms. The summed E-state index contributed by atoms with van der Waals surface area (Å²) in [6, 6.07) is 6.76. The molecule has 0 atom stereocenters. The first-order valence-corrected chi connectivity index (χ1v) is 5.62. The van der Waals surface area contributed by atoms with Gasteiger partial charge in [-0.1, -0.05) is 6.07 Å². The van der Waals surface area contributed by atoms with E-state index in [0.29, 0.717) is 0 Å². The van der Waals surface area contributed by atoms with Crippen LogP contribution in [0.15, 0.2) is 29.2 Å². The van der Waals surface area contributed by atoms with Gasteiger partial charge in [-0.3, -0.25) is 9.35 Å². The number of nitriles is 1. The van der Waals surface area contributed by atoms with Gasteiger partial charge in [-0.05, 0) is 18.2 Å². The minimum Gasteiger partial charge on any atom is -1.00 e. The van der Waals surface area contributed by atoms with Crippen molar-refractivity contribution in [3.8, 4) is 6.07 Å². The Hall–Kier alpha value is -0.274. The average Bonchev–Trinajstić information content (AvgIpc) is 2.17. The first kappa shape index (κ1) is 16.7. The van der Waals surface area contributed by atoms with E-state index in [1.54, 1.807) is 6.07 Å². The third-order valence-electron chi connectivity index (χ3n) is 1.66. The summed E-state index contributed by atoms with van der Waals surface area (Å²) in [4.78, 5) is 10.7. The molecule has 0 aliphatic carbocycles. The zero-order valence-electron chi connectivity index (χ0n) is 10.0. The first-order chi connectivity index (χ1) is 7.43. The molecule has 1 aromatic rings. The summed E-state index contributed by atoms with van der Waals surface area (Å²) < 4.78 is 30.3. The van der Waals surface area contributed by atoms with E-state index in [9.17, 15) is 13.2 Å². The van der Waals surface area contributed by atoms with Gasteiger partial charge in [0.2, 0.25) is 5.91 Å². The van der Waals surface area contributed by atoms with Crippen molar-refractivity contribution in [3.05, 3.63) is 24.3 Å². The number of hydrogen-bond acceptors (Lipinski definition) is 4. The Labute approximate surface area is 143 Å². The fourth-order valence-corrected chi connectivity index (χ4v) is 1.54. The molecule has 1 amide bonds. The van der Waals surface area contributed by atoms with Crippen molar-refractivity contribution in [1.82, 2.24) is 0 Å². The molecule has 0 saturated heterocycles. The fraction of sp³-hybridized carbons (Fsp3) is 0.111. The van der Waals surface area contributed by atoms with Crippen LogP contribution in [0.3, 0.4) is 0 Å². The Balaban J connectivity index is 0. The third-order valence-corrected chi connectivity index (χ3v) is 2.50. The summed E-state index contributed by atoms with van der Waals surface area (Å²) in [5.74, 6) is -0.546. The number of anilines is 1. The molecule has 0 aromatic heterocycles. The number of hydrogen-bond donors (Lipinski definition) is 2. The summed E-state index contributed by atoms with van der Waals surface area (Å²) in [6.07, 6.45) is -0.323. The smallest absolute Gasteiger partial charge is 1.00 e. The van der Waals surface area contributed by atoms with Gasteiger partial charge in [0.1, 0.15) is 6.42 Å². The Morgan fingerprint density at radius 3 is 2.71 bits per heavy atom. The van der Waals surface area contributed by atoms with E-state index in [-0.39, 0.29) is 69.8 Å². The van der Waals surface area contributed by atoms with Crippen molar-refractivity contribution in [3.63, 3.8) is 0 Å². The maximum atomic E-state index is 11.0. The molecule has 0 saturated carbocycles. The van der Waals surface area contributed by atoms with Crippen molar-refractivity contribution in [1.29, 1.82) is 5.26 Å². The molecule has 2 N–H and O–H groups in total.